The highest BCUT2D eigenvalue weighted by Crippen LogP contribution is 2.33. The van der Waals surface area contributed by atoms with Crippen LogP contribution in [-0.4, -0.2) is 17.9 Å². The van der Waals surface area contributed by atoms with Crippen molar-refractivity contribution >= 4 is 23.2 Å². The van der Waals surface area contributed by atoms with Gasteiger partial charge < -0.3 is 5.32 Å². The maximum Gasteiger partial charge on any atom is 0.247 e. The Hall–Kier alpha value is -2.62. The Morgan fingerprint density at radius 1 is 1.08 bits per heavy atom. The lowest BCUT2D eigenvalue weighted by molar-refractivity contribution is -0.124. The van der Waals surface area contributed by atoms with E-state index < -0.39 is 6.04 Å². The summed E-state index contributed by atoms with van der Waals surface area (Å²) in [5.74, 6) is -0.0942. The summed E-state index contributed by atoms with van der Waals surface area (Å²) in [4.78, 5) is 27.0. The number of hydrogen-bond donors (Lipinski definition) is 1. The Kier molecular flexibility index (Phi) is 4.94. The number of aryl methyl sites for hydroxylation is 1. The molecular weight excluding hydrogens is 300 g/mol. The predicted octanol–water partition coefficient (Wildman–Crippen LogP) is 3.77. The molecule has 0 unspecified atom stereocenters. The van der Waals surface area contributed by atoms with Gasteiger partial charge in [-0.2, -0.15) is 0 Å². The van der Waals surface area contributed by atoms with Gasteiger partial charge in [-0.05, 0) is 30.5 Å². The number of rotatable bonds is 5. The van der Waals surface area contributed by atoms with Gasteiger partial charge >= 0.3 is 0 Å². The Labute approximate surface area is 142 Å². The lowest BCUT2D eigenvalue weighted by atomic mass is 10.0. The van der Waals surface area contributed by atoms with E-state index in [2.05, 4.69) is 5.32 Å². The number of anilines is 2. The molecule has 1 heterocycles. The highest BCUT2D eigenvalue weighted by molar-refractivity contribution is 6.11. The monoisotopic (exact) mass is 322 g/mol. The van der Waals surface area contributed by atoms with Crippen molar-refractivity contribution in [3.63, 3.8) is 0 Å². The molecule has 0 saturated carbocycles. The highest BCUT2D eigenvalue weighted by atomic mass is 16.2. The standard InChI is InChI=1S/C20H22N2O2/c1-2-8-18-20(24)21-16-11-6-7-12-17(16)22(18)19(23)14-13-15-9-4-3-5-10-15/h3-7,9-12,18H,2,8,13-14H2,1H3,(H,21,24)/t18-/m0/s1. The Morgan fingerprint density at radius 3 is 2.54 bits per heavy atom. The molecule has 0 radical (unpaired) electrons. The van der Waals surface area contributed by atoms with Crippen LogP contribution in [0.4, 0.5) is 11.4 Å². The molecule has 1 aliphatic heterocycles. The van der Waals surface area contributed by atoms with Gasteiger partial charge in [0.25, 0.3) is 0 Å². The number of benzene rings is 2. The number of amides is 2. The van der Waals surface area contributed by atoms with Crippen LogP contribution in [0.15, 0.2) is 54.6 Å². The van der Waals surface area contributed by atoms with E-state index in [4.69, 9.17) is 0 Å². The maximum absolute atomic E-state index is 12.9. The number of para-hydroxylation sites is 2. The summed E-state index contributed by atoms with van der Waals surface area (Å²) in [5.41, 5.74) is 2.64. The van der Waals surface area contributed by atoms with Crippen LogP contribution in [-0.2, 0) is 16.0 Å². The number of nitrogens with one attached hydrogen (secondary N) is 1. The van der Waals surface area contributed by atoms with Crippen LogP contribution in [0, 0.1) is 0 Å². The van der Waals surface area contributed by atoms with Crippen molar-refractivity contribution in [2.24, 2.45) is 0 Å². The molecule has 1 N–H and O–H groups in total. The van der Waals surface area contributed by atoms with Gasteiger partial charge in [0.2, 0.25) is 11.8 Å². The zero-order valence-corrected chi connectivity index (χ0v) is 13.9. The van der Waals surface area contributed by atoms with Gasteiger partial charge in [0.15, 0.2) is 0 Å². The van der Waals surface area contributed by atoms with Crippen LogP contribution >= 0.6 is 0 Å². The summed E-state index contributed by atoms with van der Waals surface area (Å²) in [6.07, 6.45) is 2.59. The average Bonchev–Trinajstić information content (AvgIpc) is 2.61. The molecule has 124 valence electrons. The molecule has 2 aromatic rings. The molecule has 3 rings (SSSR count). The van der Waals surface area contributed by atoms with E-state index in [1.807, 2.05) is 61.5 Å². The molecule has 1 atom stereocenters. The molecule has 24 heavy (non-hydrogen) atoms. The average molecular weight is 322 g/mol. The van der Waals surface area contributed by atoms with E-state index in [0.717, 1.165) is 17.7 Å². The second kappa shape index (κ2) is 7.30. The van der Waals surface area contributed by atoms with Gasteiger partial charge in [0, 0.05) is 6.42 Å². The van der Waals surface area contributed by atoms with Crippen molar-refractivity contribution in [3.8, 4) is 0 Å². The van der Waals surface area contributed by atoms with Crippen molar-refractivity contribution in [3.05, 3.63) is 60.2 Å². The van der Waals surface area contributed by atoms with Gasteiger partial charge in [-0.3, -0.25) is 14.5 Å². The summed E-state index contributed by atoms with van der Waals surface area (Å²) in [6, 6.07) is 17.0. The van der Waals surface area contributed by atoms with Gasteiger partial charge in [0.1, 0.15) is 6.04 Å². The number of carbonyl (C=O) groups is 2. The number of nitrogens with zero attached hydrogens (tertiary/aromatic N) is 1. The molecule has 0 saturated heterocycles. The van der Waals surface area contributed by atoms with Gasteiger partial charge in [-0.15, -0.1) is 0 Å². The quantitative estimate of drug-likeness (QED) is 0.911. The molecule has 0 fully saturated rings. The summed E-state index contributed by atoms with van der Waals surface area (Å²) in [5, 5.41) is 2.92. The molecule has 0 aliphatic carbocycles. The zero-order chi connectivity index (χ0) is 16.9. The summed E-state index contributed by atoms with van der Waals surface area (Å²) < 4.78 is 0. The van der Waals surface area contributed by atoms with E-state index in [9.17, 15) is 9.59 Å². The van der Waals surface area contributed by atoms with Crippen LogP contribution in [0.1, 0.15) is 31.7 Å². The molecule has 0 bridgehead atoms. The zero-order valence-electron chi connectivity index (χ0n) is 13.9. The van der Waals surface area contributed by atoms with Crippen LogP contribution in [0.3, 0.4) is 0 Å². The molecule has 4 heteroatoms. The van der Waals surface area contributed by atoms with Gasteiger partial charge in [-0.25, -0.2) is 0 Å². The molecule has 2 aromatic carbocycles. The van der Waals surface area contributed by atoms with Crippen LogP contribution < -0.4 is 10.2 Å². The van der Waals surface area contributed by atoms with E-state index in [0.29, 0.717) is 24.9 Å². The number of hydrogen-bond acceptors (Lipinski definition) is 2. The Morgan fingerprint density at radius 2 is 1.79 bits per heavy atom. The first-order valence-corrected chi connectivity index (χ1v) is 8.46. The second-order valence-corrected chi connectivity index (χ2v) is 6.06. The first-order chi connectivity index (χ1) is 11.7. The van der Waals surface area contributed by atoms with Gasteiger partial charge in [-0.1, -0.05) is 55.8 Å². The molecule has 0 spiro atoms. The van der Waals surface area contributed by atoms with Crippen molar-refractivity contribution in [1.29, 1.82) is 0 Å². The molecular formula is C20H22N2O2. The molecule has 0 aromatic heterocycles. The Balaban J connectivity index is 1.84. The summed E-state index contributed by atoms with van der Waals surface area (Å²) in [6.45, 7) is 2.03. The minimum atomic E-state index is -0.423. The molecule has 2 amide bonds. The van der Waals surface area contributed by atoms with Crippen LogP contribution in [0.5, 0.6) is 0 Å². The highest BCUT2D eigenvalue weighted by Gasteiger charge is 2.35. The van der Waals surface area contributed by atoms with Gasteiger partial charge in [0.05, 0.1) is 11.4 Å². The fourth-order valence-corrected chi connectivity index (χ4v) is 3.15. The third kappa shape index (κ3) is 3.32. The molecule has 4 nitrogen and oxygen atoms in total. The van der Waals surface area contributed by atoms with Crippen molar-refractivity contribution < 1.29 is 9.59 Å². The lowest BCUT2D eigenvalue weighted by Gasteiger charge is -2.36. The molecule has 1 aliphatic rings. The lowest BCUT2D eigenvalue weighted by Crippen LogP contribution is -2.51. The maximum atomic E-state index is 12.9. The third-order valence-electron chi connectivity index (χ3n) is 4.34. The van der Waals surface area contributed by atoms with E-state index in [-0.39, 0.29) is 11.8 Å². The minimum absolute atomic E-state index is 0.000368. The first-order valence-electron chi connectivity index (χ1n) is 8.46. The largest absolute Gasteiger partial charge is 0.322 e. The van der Waals surface area contributed by atoms with Crippen molar-refractivity contribution in [1.82, 2.24) is 0 Å². The third-order valence-corrected chi connectivity index (χ3v) is 4.34. The minimum Gasteiger partial charge on any atom is -0.322 e. The smallest absolute Gasteiger partial charge is 0.247 e. The van der Waals surface area contributed by atoms with Crippen molar-refractivity contribution in [2.45, 2.75) is 38.6 Å². The summed E-state index contributed by atoms with van der Waals surface area (Å²) >= 11 is 0. The summed E-state index contributed by atoms with van der Waals surface area (Å²) in [7, 11) is 0. The van der Waals surface area contributed by atoms with Crippen molar-refractivity contribution in [2.75, 3.05) is 10.2 Å². The topological polar surface area (TPSA) is 49.4 Å². The predicted molar refractivity (Wildman–Crippen MR) is 96.0 cm³/mol. The fourth-order valence-electron chi connectivity index (χ4n) is 3.15. The first kappa shape index (κ1) is 16.2. The Bertz CT molecular complexity index is 727. The SMILES string of the molecule is CCC[C@H]1C(=O)Nc2ccccc2N1C(=O)CCc1ccccc1. The van der Waals surface area contributed by atoms with E-state index in [1.54, 1.807) is 4.90 Å². The van der Waals surface area contributed by atoms with Crippen LogP contribution in [0.25, 0.3) is 0 Å². The fraction of sp³-hybridized carbons (Fsp3) is 0.300. The van der Waals surface area contributed by atoms with E-state index in [1.165, 1.54) is 0 Å². The number of carbonyl (C=O) groups excluding carboxylic acids is 2. The number of fused-ring (bicyclic) bond motifs is 1. The van der Waals surface area contributed by atoms with Crippen LogP contribution in [0.2, 0.25) is 0 Å². The normalized spacial score (nSPS) is 16.5. The second-order valence-electron chi connectivity index (χ2n) is 6.06. The van der Waals surface area contributed by atoms with E-state index >= 15 is 0 Å².